The van der Waals surface area contributed by atoms with Gasteiger partial charge in [0.05, 0.1) is 7.11 Å². The van der Waals surface area contributed by atoms with Crippen molar-refractivity contribution >= 4 is 17.3 Å². The van der Waals surface area contributed by atoms with Crippen molar-refractivity contribution in [1.82, 2.24) is 24.3 Å². The fourth-order valence-corrected chi connectivity index (χ4v) is 3.08. The Kier molecular flexibility index (Phi) is 4.21. The van der Waals surface area contributed by atoms with Crippen LogP contribution < -0.4 is 15.0 Å². The van der Waals surface area contributed by atoms with Crippen LogP contribution in [0.1, 0.15) is 12.1 Å². The van der Waals surface area contributed by atoms with Crippen molar-refractivity contribution in [3.8, 4) is 5.88 Å². The Balaban J connectivity index is 1.54. The number of fused-ring (bicyclic) bond motifs is 1. The maximum atomic E-state index is 13.0. The van der Waals surface area contributed by atoms with Crippen molar-refractivity contribution in [1.29, 1.82) is 0 Å². The molecule has 1 N–H and O–H groups in total. The molecule has 3 aromatic rings. The van der Waals surface area contributed by atoms with Gasteiger partial charge in [-0.15, -0.1) is 0 Å². The van der Waals surface area contributed by atoms with Crippen molar-refractivity contribution in [2.24, 2.45) is 0 Å². The number of methoxy groups -OCH3 is 1. The molecule has 0 amide bonds. The molecule has 0 bridgehead atoms. The molecule has 11 heteroatoms. The molecule has 0 spiro atoms. The van der Waals surface area contributed by atoms with Gasteiger partial charge < -0.3 is 19.4 Å². The average molecular weight is 379 g/mol. The lowest BCUT2D eigenvalue weighted by Gasteiger charge is -2.18. The van der Waals surface area contributed by atoms with E-state index in [9.17, 15) is 13.2 Å². The number of alkyl halides is 3. The summed E-state index contributed by atoms with van der Waals surface area (Å²) in [6, 6.07) is 1.75. The van der Waals surface area contributed by atoms with Crippen molar-refractivity contribution in [3.05, 3.63) is 36.7 Å². The lowest BCUT2D eigenvalue weighted by Crippen LogP contribution is -2.27. The van der Waals surface area contributed by atoms with Crippen LogP contribution in [0.5, 0.6) is 5.88 Å². The second-order valence-electron chi connectivity index (χ2n) is 6.13. The summed E-state index contributed by atoms with van der Waals surface area (Å²) in [7, 11) is 1.52. The number of rotatable bonds is 4. The number of imidazole rings is 1. The summed E-state index contributed by atoms with van der Waals surface area (Å²) < 4.78 is 45.3. The van der Waals surface area contributed by atoms with Crippen molar-refractivity contribution < 1.29 is 17.9 Å². The van der Waals surface area contributed by atoms with Crippen LogP contribution in [-0.4, -0.2) is 50.6 Å². The monoisotopic (exact) mass is 379 g/mol. The summed E-state index contributed by atoms with van der Waals surface area (Å²) in [6.07, 6.45) is 1.59. The highest BCUT2D eigenvalue weighted by atomic mass is 19.4. The van der Waals surface area contributed by atoms with Gasteiger partial charge in [0.15, 0.2) is 17.2 Å². The third-order valence-electron chi connectivity index (χ3n) is 4.34. The first kappa shape index (κ1) is 17.3. The molecule has 1 fully saturated rings. The van der Waals surface area contributed by atoms with Crippen molar-refractivity contribution in [3.63, 3.8) is 0 Å². The summed E-state index contributed by atoms with van der Waals surface area (Å²) in [4.78, 5) is 18.0. The molecular weight excluding hydrogens is 363 g/mol. The topological polar surface area (TPSA) is 80.5 Å². The molecule has 4 heterocycles. The summed E-state index contributed by atoms with van der Waals surface area (Å²) in [5.41, 5.74) is -0.743. The molecular formula is C16H16F3N7O. The van der Waals surface area contributed by atoms with Gasteiger partial charge in [0.25, 0.3) is 0 Å². The zero-order valence-corrected chi connectivity index (χ0v) is 14.3. The molecule has 142 valence electrons. The fraction of sp³-hybridized carbons (Fsp3) is 0.375. The van der Waals surface area contributed by atoms with Crippen molar-refractivity contribution in [2.45, 2.75) is 18.6 Å². The summed E-state index contributed by atoms with van der Waals surface area (Å²) >= 11 is 0. The van der Waals surface area contributed by atoms with Crippen molar-refractivity contribution in [2.75, 3.05) is 30.4 Å². The minimum atomic E-state index is -4.50. The second kappa shape index (κ2) is 6.56. The highest BCUT2D eigenvalue weighted by molar-refractivity contribution is 5.65. The molecule has 0 saturated carbocycles. The van der Waals surface area contributed by atoms with Crippen LogP contribution in [0.3, 0.4) is 0 Å². The Morgan fingerprint density at radius 2 is 2.11 bits per heavy atom. The first-order chi connectivity index (χ1) is 12.9. The van der Waals surface area contributed by atoms with Gasteiger partial charge in [-0.25, -0.2) is 19.9 Å². The largest absolute Gasteiger partial charge is 0.481 e. The summed E-state index contributed by atoms with van der Waals surface area (Å²) in [5, 5.41) is 3.29. The molecule has 1 aliphatic heterocycles. The predicted octanol–water partition coefficient (Wildman–Crippen LogP) is 2.24. The smallest absolute Gasteiger partial charge is 0.434 e. The van der Waals surface area contributed by atoms with E-state index in [1.807, 2.05) is 4.90 Å². The van der Waals surface area contributed by atoms with Crippen LogP contribution in [0.15, 0.2) is 31.0 Å². The zero-order chi connectivity index (χ0) is 19.0. The lowest BCUT2D eigenvalue weighted by atomic mass is 10.2. The Hall–Kier alpha value is -3.11. The van der Waals surface area contributed by atoms with E-state index >= 15 is 0 Å². The van der Waals surface area contributed by atoms with Gasteiger partial charge in [-0.05, 0) is 6.42 Å². The molecule has 0 aliphatic carbocycles. The van der Waals surface area contributed by atoms with Crippen LogP contribution >= 0.6 is 0 Å². The maximum absolute atomic E-state index is 13.0. The third kappa shape index (κ3) is 3.44. The van der Waals surface area contributed by atoms with E-state index in [-0.39, 0.29) is 11.7 Å². The van der Waals surface area contributed by atoms with E-state index in [4.69, 9.17) is 4.74 Å². The van der Waals surface area contributed by atoms with Crippen LogP contribution in [0.25, 0.3) is 5.65 Å². The standard InChI is InChI=1S/C16H16F3N7O/c1-27-13-6-12(21-9-22-13)23-10-2-4-25(7-10)14-15-24-11(16(17,18)19)8-26(15)5-3-20-14/h3,5-6,8-10H,2,4,7H2,1H3,(H,21,22,23). The number of halogens is 3. The number of aromatic nitrogens is 5. The minimum Gasteiger partial charge on any atom is -0.481 e. The van der Waals surface area contributed by atoms with Gasteiger partial charge in [0.1, 0.15) is 12.1 Å². The quantitative estimate of drug-likeness (QED) is 0.745. The van der Waals surface area contributed by atoms with Gasteiger partial charge >= 0.3 is 6.18 Å². The van der Waals surface area contributed by atoms with Gasteiger partial charge in [-0.1, -0.05) is 0 Å². The number of hydrogen-bond acceptors (Lipinski definition) is 7. The Labute approximate surface area is 152 Å². The van der Waals surface area contributed by atoms with E-state index in [2.05, 4.69) is 25.3 Å². The number of hydrogen-bond donors (Lipinski definition) is 1. The fourth-order valence-electron chi connectivity index (χ4n) is 3.08. The molecule has 4 rings (SSSR count). The van der Waals surface area contributed by atoms with Crippen LogP contribution in [0.2, 0.25) is 0 Å². The number of anilines is 2. The van der Waals surface area contributed by atoms with Crippen LogP contribution in [0.4, 0.5) is 24.8 Å². The van der Waals surface area contributed by atoms with Gasteiger partial charge in [-0.2, -0.15) is 13.2 Å². The lowest BCUT2D eigenvalue weighted by molar-refractivity contribution is -0.140. The average Bonchev–Trinajstić information content (AvgIpc) is 3.28. The Morgan fingerprint density at radius 1 is 1.26 bits per heavy atom. The highest BCUT2D eigenvalue weighted by Crippen LogP contribution is 2.31. The van der Waals surface area contributed by atoms with E-state index < -0.39 is 11.9 Å². The van der Waals surface area contributed by atoms with E-state index in [1.165, 1.54) is 30.2 Å². The van der Waals surface area contributed by atoms with E-state index in [0.717, 1.165) is 12.6 Å². The summed E-state index contributed by atoms with van der Waals surface area (Å²) in [5.74, 6) is 1.50. The maximum Gasteiger partial charge on any atom is 0.434 e. The number of nitrogens with one attached hydrogen (secondary N) is 1. The Bertz CT molecular complexity index is 959. The number of ether oxygens (including phenoxy) is 1. The molecule has 8 nitrogen and oxygen atoms in total. The first-order valence-corrected chi connectivity index (χ1v) is 8.22. The third-order valence-corrected chi connectivity index (χ3v) is 4.34. The molecule has 3 aromatic heterocycles. The number of nitrogens with zero attached hydrogens (tertiary/aromatic N) is 6. The minimum absolute atomic E-state index is 0.0590. The summed E-state index contributed by atoms with van der Waals surface area (Å²) in [6.45, 7) is 1.20. The predicted molar refractivity (Wildman–Crippen MR) is 90.8 cm³/mol. The molecule has 0 radical (unpaired) electrons. The SMILES string of the molecule is COc1cc(NC2CCN(c3nccn4cc(C(F)(F)F)nc34)C2)ncn1. The van der Waals surface area contributed by atoms with Crippen LogP contribution in [0, 0.1) is 0 Å². The van der Waals surface area contributed by atoms with Gasteiger partial charge in [0, 0.05) is 43.8 Å². The van der Waals surface area contributed by atoms with E-state index in [1.54, 1.807) is 6.07 Å². The first-order valence-electron chi connectivity index (χ1n) is 8.22. The normalized spacial score (nSPS) is 17.5. The molecule has 0 aromatic carbocycles. The zero-order valence-electron chi connectivity index (χ0n) is 14.3. The molecule has 1 saturated heterocycles. The van der Waals surface area contributed by atoms with Gasteiger partial charge in [0.2, 0.25) is 5.88 Å². The molecule has 1 atom stereocenters. The molecule has 1 unspecified atom stereocenters. The van der Waals surface area contributed by atoms with Gasteiger partial charge in [-0.3, -0.25) is 0 Å². The highest BCUT2D eigenvalue weighted by Gasteiger charge is 2.35. The Morgan fingerprint density at radius 3 is 2.89 bits per heavy atom. The van der Waals surface area contributed by atoms with E-state index in [0.29, 0.717) is 30.6 Å². The molecule has 1 aliphatic rings. The van der Waals surface area contributed by atoms with Crippen LogP contribution in [-0.2, 0) is 6.18 Å². The molecule has 27 heavy (non-hydrogen) atoms. The second-order valence-corrected chi connectivity index (χ2v) is 6.13.